The monoisotopic (exact) mass is 484 g/mol. The number of benzene rings is 2. The highest BCUT2D eigenvalue weighted by molar-refractivity contribution is 6.02. The maximum Gasteiger partial charge on any atom is 0.323 e. The zero-order valence-corrected chi connectivity index (χ0v) is 20.4. The Balaban J connectivity index is 1.56. The molecular weight excluding hydrogens is 452 g/mol. The van der Waals surface area contributed by atoms with Crippen LogP contribution >= 0.6 is 0 Å². The number of likely N-dealkylation sites (N-methyl/N-ethyl adjacent to an activating group) is 1. The number of urea groups is 1. The molecule has 0 unspecified atom stereocenters. The van der Waals surface area contributed by atoms with Crippen molar-refractivity contribution in [3.63, 3.8) is 0 Å². The van der Waals surface area contributed by atoms with Crippen molar-refractivity contribution in [2.75, 3.05) is 51.2 Å². The van der Waals surface area contributed by atoms with E-state index in [-0.39, 0.29) is 37.4 Å². The predicted molar refractivity (Wildman–Crippen MR) is 131 cm³/mol. The van der Waals surface area contributed by atoms with Crippen molar-refractivity contribution in [3.8, 4) is 17.2 Å². The summed E-state index contributed by atoms with van der Waals surface area (Å²) in [5.74, 6) is 1.43. The summed E-state index contributed by atoms with van der Waals surface area (Å²) in [6.07, 6.45) is -0.154. The fourth-order valence-corrected chi connectivity index (χ4v) is 4.15. The standard InChI is InChI=1S/C25H32N4O6/c1-15-11-29(16(2)13-30)24(31)19-9-17(5-7-20(19)35-23(15)12-28(3)4)26-25(32)27-18-6-8-21-22(10-18)34-14-33-21/h5-10,15-16,23,30H,11-14H2,1-4H3,(H2,26,27,32)/t15-,16+,23-/m0/s1. The number of hydrogen-bond acceptors (Lipinski definition) is 7. The summed E-state index contributed by atoms with van der Waals surface area (Å²) in [5.41, 5.74) is 1.32. The topological polar surface area (TPSA) is 113 Å². The van der Waals surface area contributed by atoms with Gasteiger partial charge in [0.25, 0.3) is 5.91 Å². The first-order valence-electron chi connectivity index (χ1n) is 11.6. The lowest BCUT2D eigenvalue weighted by Gasteiger charge is -2.37. The number of hydrogen-bond donors (Lipinski definition) is 3. The minimum atomic E-state index is -0.470. The Labute approximate surface area is 204 Å². The van der Waals surface area contributed by atoms with Crippen LogP contribution in [0.1, 0.15) is 24.2 Å². The Morgan fingerprint density at radius 2 is 1.77 bits per heavy atom. The van der Waals surface area contributed by atoms with Gasteiger partial charge in [-0.1, -0.05) is 6.92 Å². The van der Waals surface area contributed by atoms with Crippen LogP contribution in [0.2, 0.25) is 0 Å². The highest BCUT2D eigenvalue weighted by Crippen LogP contribution is 2.34. The summed E-state index contributed by atoms with van der Waals surface area (Å²) in [5, 5.41) is 15.3. The summed E-state index contributed by atoms with van der Waals surface area (Å²) in [7, 11) is 3.95. The van der Waals surface area contributed by atoms with E-state index in [2.05, 4.69) is 10.6 Å². The third kappa shape index (κ3) is 5.60. The van der Waals surface area contributed by atoms with Crippen LogP contribution in [0.4, 0.5) is 16.2 Å². The summed E-state index contributed by atoms with van der Waals surface area (Å²) in [4.78, 5) is 29.8. The Morgan fingerprint density at radius 1 is 1.11 bits per heavy atom. The van der Waals surface area contributed by atoms with Gasteiger partial charge in [0.2, 0.25) is 6.79 Å². The number of carbonyl (C=O) groups is 2. The Kier molecular flexibility index (Phi) is 7.32. The van der Waals surface area contributed by atoms with E-state index >= 15 is 0 Å². The largest absolute Gasteiger partial charge is 0.488 e. The van der Waals surface area contributed by atoms with Crippen molar-refractivity contribution in [3.05, 3.63) is 42.0 Å². The fourth-order valence-electron chi connectivity index (χ4n) is 4.15. The molecule has 2 aromatic rings. The molecule has 10 heteroatoms. The van der Waals surface area contributed by atoms with Gasteiger partial charge in [0, 0.05) is 36.4 Å². The van der Waals surface area contributed by atoms with Crippen molar-refractivity contribution < 1.29 is 28.9 Å². The number of carbonyl (C=O) groups excluding carboxylic acids is 2. The van der Waals surface area contributed by atoms with Crippen molar-refractivity contribution >= 4 is 23.3 Å². The molecular formula is C25H32N4O6. The van der Waals surface area contributed by atoms with Crippen LogP contribution in [0.3, 0.4) is 0 Å². The van der Waals surface area contributed by atoms with Crippen LogP contribution in [0, 0.1) is 5.92 Å². The molecule has 0 bridgehead atoms. The van der Waals surface area contributed by atoms with E-state index in [0.717, 1.165) is 0 Å². The molecule has 0 fully saturated rings. The van der Waals surface area contributed by atoms with Gasteiger partial charge in [-0.15, -0.1) is 0 Å². The summed E-state index contributed by atoms with van der Waals surface area (Å²) < 4.78 is 16.9. The summed E-state index contributed by atoms with van der Waals surface area (Å²) >= 11 is 0. The molecule has 0 saturated carbocycles. The number of ether oxygens (including phenoxy) is 3. The number of nitrogens with zero attached hydrogens (tertiary/aromatic N) is 2. The van der Waals surface area contributed by atoms with Crippen LogP contribution in [0.5, 0.6) is 17.2 Å². The number of anilines is 2. The molecule has 10 nitrogen and oxygen atoms in total. The van der Waals surface area contributed by atoms with E-state index in [1.807, 2.05) is 32.8 Å². The molecule has 2 heterocycles. The minimum Gasteiger partial charge on any atom is -0.488 e. The van der Waals surface area contributed by atoms with Gasteiger partial charge in [-0.2, -0.15) is 0 Å². The van der Waals surface area contributed by atoms with Gasteiger partial charge >= 0.3 is 6.03 Å². The number of amides is 3. The van der Waals surface area contributed by atoms with Crippen molar-refractivity contribution in [1.29, 1.82) is 0 Å². The van der Waals surface area contributed by atoms with E-state index in [9.17, 15) is 14.7 Å². The molecule has 3 amide bonds. The quantitative estimate of drug-likeness (QED) is 0.578. The molecule has 2 aromatic carbocycles. The van der Waals surface area contributed by atoms with Gasteiger partial charge in [-0.05, 0) is 51.4 Å². The van der Waals surface area contributed by atoms with Crippen molar-refractivity contribution in [2.24, 2.45) is 5.92 Å². The van der Waals surface area contributed by atoms with Gasteiger partial charge in [0.15, 0.2) is 11.5 Å². The molecule has 4 rings (SSSR count). The first kappa shape index (κ1) is 24.6. The molecule has 0 aliphatic carbocycles. The fraction of sp³-hybridized carbons (Fsp3) is 0.440. The average molecular weight is 485 g/mol. The molecule has 0 spiro atoms. The Morgan fingerprint density at radius 3 is 2.46 bits per heavy atom. The van der Waals surface area contributed by atoms with Gasteiger partial charge < -0.3 is 39.8 Å². The summed E-state index contributed by atoms with van der Waals surface area (Å²) in [6, 6.07) is 9.30. The van der Waals surface area contributed by atoms with Gasteiger partial charge in [0.05, 0.1) is 18.2 Å². The third-order valence-electron chi connectivity index (χ3n) is 6.10. The maximum absolute atomic E-state index is 13.5. The molecule has 2 aliphatic rings. The predicted octanol–water partition coefficient (Wildman–Crippen LogP) is 2.84. The van der Waals surface area contributed by atoms with E-state index in [0.29, 0.717) is 47.3 Å². The van der Waals surface area contributed by atoms with Crippen molar-refractivity contribution in [1.82, 2.24) is 9.80 Å². The highest BCUT2D eigenvalue weighted by atomic mass is 16.7. The first-order chi connectivity index (χ1) is 16.7. The first-order valence-corrected chi connectivity index (χ1v) is 11.6. The number of fused-ring (bicyclic) bond motifs is 2. The van der Waals surface area contributed by atoms with Crippen LogP contribution < -0.4 is 24.8 Å². The van der Waals surface area contributed by atoms with E-state index in [1.54, 1.807) is 41.3 Å². The smallest absolute Gasteiger partial charge is 0.323 e. The second-order valence-corrected chi connectivity index (χ2v) is 9.24. The molecule has 0 aromatic heterocycles. The lowest BCUT2D eigenvalue weighted by molar-refractivity contribution is 0.0363. The van der Waals surface area contributed by atoms with Crippen LogP contribution in [0.25, 0.3) is 0 Å². The molecule has 0 radical (unpaired) electrons. The van der Waals surface area contributed by atoms with Gasteiger partial charge in [-0.25, -0.2) is 4.79 Å². The number of rotatable bonds is 6. The SMILES string of the molecule is C[C@H](CO)N1C[C@H](C)[C@H](CN(C)C)Oc2ccc(NC(=O)Nc3ccc4c(c3)OCO4)cc2C1=O. The minimum absolute atomic E-state index is 0.0498. The molecule has 35 heavy (non-hydrogen) atoms. The van der Waals surface area contributed by atoms with Gasteiger partial charge in [-0.3, -0.25) is 4.79 Å². The normalized spacial score (nSPS) is 19.9. The second kappa shape index (κ2) is 10.4. The third-order valence-corrected chi connectivity index (χ3v) is 6.10. The highest BCUT2D eigenvalue weighted by Gasteiger charge is 2.33. The number of aliphatic hydroxyl groups excluding tert-OH is 1. The van der Waals surface area contributed by atoms with Crippen LogP contribution in [-0.4, -0.2) is 79.6 Å². The van der Waals surface area contributed by atoms with Crippen LogP contribution in [0.15, 0.2) is 36.4 Å². The Hall–Kier alpha value is -3.50. The van der Waals surface area contributed by atoms with Crippen LogP contribution in [-0.2, 0) is 0 Å². The Bertz CT molecular complexity index is 1090. The lowest BCUT2D eigenvalue weighted by atomic mass is 9.99. The maximum atomic E-state index is 13.5. The number of nitrogens with one attached hydrogen (secondary N) is 2. The molecule has 3 N–H and O–H groups in total. The lowest BCUT2D eigenvalue weighted by Crippen LogP contribution is -2.49. The van der Waals surface area contributed by atoms with E-state index in [1.165, 1.54) is 0 Å². The average Bonchev–Trinajstić information content (AvgIpc) is 3.29. The zero-order chi connectivity index (χ0) is 25.1. The number of aliphatic hydroxyl groups is 1. The molecule has 0 saturated heterocycles. The molecule has 188 valence electrons. The molecule has 3 atom stereocenters. The second-order valence-electron chi connectivity index (χ2n) is 9.24. The zero-order valence-electron chi connectivity index (χ0n) is 20.4. The van der Waals surface area contributed by atoms with E-state index in [4.69, 9.17) is 14.2 Å². The van der Waals surface area contributed by atoms with E-state index < -0.39 is 6.03 Å². The molecule has 2 aliphatic heterocycles. The van der Waals surface area contributed by atoms with Gasteiger partial charge in [0.1, 0.15) is 11.9 Å². The summed E-state index contributed by atoms with van der Waals surface area (Å²) in [6.45, 7) is 4.97. The van der Waals surface area contributed by atoms with Crippen molar-refractivity contribution in [2.45, 2.75) is 26.0 Å².